The van der Waals surface area contributed by atoms with E-state index >= 15 is 0 Å². The van der Waals surface area contributed by atoms with E-state index in [1.165, 1.54) is 10.8 Å². The molecule has 0 fully saturated rings. The van der Waals surface area contributed by atoms with Crippen LogP contribution in [0, 0.1) is 0 Å². The quantitative estimate of drug-likeness (QED) is 0.167. The largest absolute Gasteiger partial charge is 0.453 e. The number of furan rings is 1. The maximum absolute atomic E-state index is 7.04. The minimum absolute atomic E-state index is 0.837. The van der Waals surface area contributed by atoms with Gasteiger partial charge in [-0.25, -0.2) is 0 Å². The summed E-state index contributed by atoms with van der Waals surface area (Å²) in [5, 5.41) is 6.83. The topological polar surface area (TPSA) is 19.6 Å². The van der Waals surface area contributed by atoms with E-state index in [1.54, 1.807) is 0 Å². The lowest BCUT2D eigenvalue weighted by Gasteiger charge is -2.30. The van der Waals surface area contributed by atoms with E-state index in [0.717, 1.165) is 78.0 Å². The molecule has 3 nitrogen and oxygen atoms in total. The zero-order valence-corrected chi connectivity index (χ0v) is 28.9. The molecular weight excluding hydrogens is 645 g/mol. The maximum Gasteiger partial charge on any atom is 0.159 e. The summed E-state index contributed by atoms with van der Waals surface area (Å²) in [6.45, 7) is 0. The van der Waals surface area contributed by atoms with Gasteiger partial charge in [0, 0.05) is 44.5 Å². The average molecular weight is 679 g/mol. The summed E-state index contributed by atoms with van der Waals surface area (Å²) in [6, 6.07) is 73.3. The summed E-state index contributed by atoms with van der Waals surface area (Å²) in [7, 11) is 0. The molecule has 0 saturated carbocycles. The minimum atomic E-state index is 0.837. The van der Waals surface area contributed by atoms with Gasteiger partial charge in [-0.15, -0.1) is 0 Å². The fourth-order valence-electron chi connectivity index (χ4n) is 7.72. The molecule has 0 bridgehead atoms. The number of hydrogen-bond acceptors (Lipinski definition) is 3. The number of benzene rings is 9. The molecule has 10 aromatic rings. The van der Waals surface area contributed by atoms with Crippen molar-refractivity contribution in [1.29, 1.82) is 0 Å². The summed E-state index contributed by atoms with van der Waals surface area (Å²) in [5.41, 5.74) is 10.3. The fourth-order valence-corrected chi connectivity index (χ4v) is 7.72. The molecule has 1 aromatic heterocycles. The number of rotatable bonds is 7. The van der Waals surface area contributed by atoms with Crippen LogP contribution in [0.5, 0.6) is 0 Å². The predicted octanol–water partition coefficient (Wildman–Crippen LogP) is 14.5. The Bertz CT molecular complexity index is 2860. The lowest BCUT2D eigenvalue weighted by Crippen LogP contribution is -2.14. The zero-order valence-electron chi connectivity index (χ0n) is 28.9. The molecule has 0 radical (unpaired) electrons. The van der Waals surface area contributed by atoms with Gasteiger partial charge in [-0.2, -0.15) is 0 Å². The van der Waals surface area contributed by atoms with Gasteiger partial charge in [0.25, 0.3) is 0 Å². The van der Waals surface area contributed by atoms with Crippen LogP contribution in [0.15, 0.2) is 211 Å². The number of fused-ring (bicyclic) bond motifs is 6. The van der Waals surface area contributed by atoms with Gasteiger partial charge in [-0.1, -0.05) is 140 Å². The first-order chi connectivity index (χ1) is 26.3. The van der Waals surface area contributed by atoms with Gasteiger partial charge >= 0.3 is 0 Å². The van der Waals surface area contributed by atoms with Crippen molar-refractivity contribution in [3.8, 4) is 11.1 Å². The molecule has 0 saturated heterocycles. The molecular formula is C50H34N2O. The normalized spacial score (nSPS) is 11.4. The second-order valence-corrected chi connectivity index (χ2v) is 13.4. The third-order valence-electron chi connectivity index (χ3n) is 10.2. The van der Waals surface area contributed by atoms with Gasteiger partial charge in [0.2, 0.25) is 0 Å². The molecule has 10 rings (SSSR count). The van der Waals surface area contributed by atoms with Crippen molar-refractivity contribution in [2.45, 2.75) is 0 Å². The highest BCUT2D eigenvalue weighted by molar-refractivity contribution is 6.18. The standard InChI is InChI=1S/C50H34N2O/c1-4-19-39(20-5-1)51(40-21-6-2-7-22-40)48-34-42(33-46-45-31-30-36-17-12-13-26-44(36)49(45)53-50(46)48)52(41-23-8-3-9-24-41)47-27-15-14-25-43(47)38-29-28-35-16-10-11-18-37(35)32-38/h1-34H. The van der Waals surface area contributed by atoms with Crippen molar-refractivity contribution in [2.75, 3.05) is 9.80 Å². The first-order valence-corrected chi connectivity index (χ1v) is 18.0. The summed E-state index contributed by atoms with van der Waals surface area (Å²) in [6.07, 6.45) is 0. The third kappa shape index (κ3) is 5.38. The third-order valence-corrected chi connectivity index (χ3v) is 10.2. The van der Waals surface area contributed by atoms with E-state index < -0.39 is 0 Å². The smallest absolute Gasteiger partial charge is 0.159 e. The van der Waals surface area contributed by atoms with Crippen molar-refractivity contribution >= 4 is 77.6 Å². The molecule has 250 valence electrons. The second kappa shape index (κ2) is 12.9. The van der Waals surface area contributed by atoms with Crippen LogP contribution in [0.1, 0.15) is 0 Å². The van der Waals surface area contributed by atoms with E-state index in [-0.39, 0.29) is 0 Å². The summed E-state index contributed by atoms with van der Waals surface area (Å²) >= 11 is 0. The summed E-state index contributed by atoms with van der Waals surface area (Å²) in [4.78, 5) is 4.70. The number of para-hydroxylation sites is 4. The Balaban J connectivity index is 1.30. The monoisotopic (exact) mass is 678 g/mol. The predicted molar refractivity (Wildman–Crippen MR) is 224 cm³/mol. The molecule has 0 amide bonds. The SMILES string of the molecule is c1ccc(N(c2cc(N(c3ccccc3)c3ccccc3)c3oc4c5ccccc5ccc4c3c2)c2ccccc2-c2ccc3ccccc3c2)cc1. The van der Waals surface area contributed by atoms with Crippen LogP contribution >= 0.6 is 0 Å². The fraction of sp³-hybridized carbons (Fsp3) is 0. The highest BCUT2D eigenvalue weighted by Crippen LogP contribution is 2.49. The molecule has 0 aliphatic rings. The molecule has 0 spiro atoms. The van der Waals surface area contributed by atoms with Crippen LogP contribution in [0.25, 0.3) is 54.6 Å². The average Bonchev–Trinajstić information content (AvgIpc) is 3.62. The number of nitrogens with zero attached hydrogens (tertiary/aromatic N) is 2. The van der Waals surface area contributed by atoms with Gasteiger partial charge < -0.3 is 14.2 Å². The van der Waals surface area contributed by atoms with Gasteiger partial charge in [0.05, 0.1) is 11.4 Å². The number of anilines is 6. The Kier molecular flexibility index (Phi) is 7.47. The molecule has 3 heteroatoms. The molecule has 0 atom stereocenters. The summed E-state index contributed by atoms with van der Waals surface area (Å²) < 4.78 is 7.04. The van der Waals surface area contributed by atoms with Crippen molar-refractivity contribution in [3.63, 3.8) is 0 Å². The van der Waals surface area contributed by atoms with Gasteiger partial charge in [-0.05, 0) is 88.5 Å². The first-order valence-electron chi connectivity index (χ1n) is 18.0. The molecule has 0 N–H and O–H groups in total. The number of hydrogen-bond donors (Lipinski definition) is 0. The minimum Gasteiger partial charge on any atom is -0.453 e. The van der Waals surface area contributed by atoms with Crippen LogP contribution in [0.4, 0.5) is 34.1 Å². The Morgan fingerprint density at radius 2 is 0.849 bits per heavy atom. The molecule has 9 aromatic carbocycles. The second-order valence-electron chi connectivity index (χ2n) is 13.4. The van der Waals surface area contributed by atoms with Crippen molar-refractivity contribution < 1.29 is 4.42 Å². The van der Waals surface area contributed by atoms with E-state index in [2.05, 4.69) is 216 Å². The molecule has 0 unspecified atom stereocenters. The van der Waals surface area contributed by atoms with E-state index in [1.807, 2.05) is 0 Å². The van der Waals surface area contributed by atoms with Crippen LogP contribution in [-0.4, -0.2) is 0 Å². The van der Waals surface area contributed by atoms with Crippen LogP contribution < -0.4 is 9.80 Å². The highest BCUT2D eigenvalue weighted by Gasteiger charge is 2.25. The lowest BCUT2D eigenvalue weighted by molar-refractivity contribution is 0.673. The Morgan fingerprint density at radius 3 is 1.55 bits per heavy atom. The van der Waals surface area contributed by atoms with E-state index in [0.29, 0.717) is 0 Å². The van der Waals surface area contributed by atoms with Crippen molar-refractivity contribution in [2.24, 2.45) is 0 Å². The Morgan fingerprint density at radius 1 is 0.302 bits per heavy atom. The highest BCUT2D eigenvalue weighted by atomic mass is 16.3. The Labute approximate surface area is 308 Å². The van der Waals surface area contributed by atoms with Crippen LogP contribution in [0.3, 0.4) is 0 Å². The molecule has 0 aliphatic heterocycles. The summed E-state index contributed by atoms with van der Waals surface area (Å²) in [5.74, 6) is 0. The van der Waals surface area contributed by atoms with Gasteiger partial charge in [0.15, 0.2) is 5.58 Å². The Hall–Kier alpha value is -7.10. The van der Waals surface area contributed by atoms with Crippen molar-refractivity contribution in [3.05, 3.63) is 206 Å². The molecule has 0 aliphatic carbocycles. The maximum atomic E-state index is 7.04. The van der Waals surface area contributed by atoms with E-state index in [9.17, 15) is 0 Å². The first kappa shape index (κ1) is 30.7. The van der Waals surface area contributed by atoms with Gasteiger partial charge in [0.1, 0.15) is 5.58 Å². The molecule has 53 heavy (non-hydrogen) atoms. The zero-order chi connectivity index (χ0) is 35.1. The van der Waals surface area contributed by atoms with Crippen molar-refractivity contribution in [1.82, 2.24) is 0 Å². The lowest BCUT2D eigenvalue weighted by atomic mass is 9.98. The van der Waals surface area contributed by atoms with Gasteiger partial charge in [-0.3, -0.25) is 0 Å². The van der Waals surface area contributed by atoms with E-state index in [4.69, 9.17) is 4.42 Å². The van der Waals surface area contributed by atoms with Crippen LogP contribution in [0.2, 0.25) is 0 Å². The molecule has 1 heterocycles. The van der Waals surface area contributed by atoms with Crippen LogP contribution in [-0.2, 0) is 0 Å².